The van der Waals surface area contributed by atoms with Crippen LogP contribution in [0.5, 0.6) is 0 Å². The molecule has 0 radical (unpaired) electrons. The molecule has 11 heavy (non-hydrogen) atoms. The van der Waals surface area contributed by atoms with Crippen molar-refractivity contribution in [3.8, 4) is 0 Å². The average molecular weight is 152 g/mol. The summed E-state index contributed by atoms with van der Waals surface area (Å²) in [6.07, 6.45) is 2.02. The Labute approximate surface area is 63.6 Å². The highest BCUT2D eigenvalue weighted by Gasteiger charge is 2.22. The second kappa shape index (κ2) is 2.08. The Hall–Kier alpha value is -1.32. The Kier molecular flexibility index (Phi) is 1.21. The first-order chi connectivity index (χ1) is 5.29. The van der Waals surface area contributed by atoms with Crippen LogP contribution in [0.25, 0.3) is 0 Å². The molecular weight excluding hydrogens is 144 g/mol. The molecule has 0 fully saturated rings. The number of aryl methyl sites for hydroxylation is 1. The van der Waals surface area contributed by atoms with E-state index in [0.717, 1.165) is 25.1 Å². The van der Waals surface area contributed by atoms with E-state index in [1.807, 2.05) is 6.07 Å². The van der Waals surface area contributed by atoms with Gasteiger partial charge in [-0.1, -0.05) is 0 Å². The number of aromatic nitrogens is 1. The van der Waals surface area contributed by atoms with E-state index in [2.05, 4.69) is 0 Å². The van der Waals surface area contributed by atoms with Gasteiger partial charge in [-0.2, -0.15) is 0 Å². The van der Waals surface area contributed by atoms with Gasteiger partial charge in [-0.25, -0.2) is 4.57 Å². The van der Waals surface area contributed by atoms with Gasteiger partial charge in [0.2, 0.25) is 0 Å². The number of rotatable bonds is 1. The number of nitrogens with zero attached hydrogens (tertiary/aromatic N) is 2. The third-order valence-corrected chi connectivity index (χ3v) is 2.05. The largest absolute Gasteiger partial charge is 0.358 e. The molecule has 4 heteroatoms. The molecule has 0 aromatic carbocycles. The molecule has 0 bridgehead atoms. The molecule has 4 nitrogen and oxygen atoms in total. The van der Waals surface area contributed by atoms with Crippen molar-refractivity contribution in [2.75, 3.05) is 0 Å². The lowest BCUT2D eigenvalue weighted by atomic mass is 10.3. The van der Waals surface area contributed by atoms with Crippen LogP contribution in [0.1, 0.15) is 12.1 Å². The van der Waals surface area contributed by atoms with Crippen molar-refractivity contribution in [2.45, 2.75) is 19.4 Å². The predicted molar refractivity (Wildman–Crippen MR) is 39.4 cm³/mol. The van der Waals surface area contributed by atoms with Crippen molar-refractivity contribution in [1.29, 1.82) is 0 Å². The molecule has 0 spiro atoms. The van der Waals surface area contributed by atoms with E-state index in [4.69, 9.17) is 0 Å². The minimum atomic E-state index is -0.325. The van der Waals surface area contributed by atoms with E-state index >= 15 is 0 Å². The number of fused-ring (bicyclic) bond motifs is 1. The quantitative estimate of drug-likeness (QED) is 0.450. The SMILES string of the molecule is O=[N+]([O-])c1ccc2n1CCC2. The van der Waals surface area contributed by atoms with E-state index in [9.17, 15) is 10.1 Å². The van der Waals surface area contributed by atoms with Crippen molar-refractivity contribution in [1.82, 2.24) is 4.57 Å². The summed E-state index contributed by atoms with van der Waals surface area (Å²) in [5.74, 6) is 0.234. The van der Waals surface area contributed by atoms with Gasteiger partial charge in [0, 0.05) is 12.5 Å². The molecular formula is C7H8N2O2. The van der Waals surface area contributed by atoms with Gasteiger partial charge in [0.25, 0.3) is 0 Å². The van der Waals surface area contributed by atoms with E-state index < -0.39 is 0 Å². The van der Waals surface area contributed by atoms with Crippen molar-refractivity contribution < 1.29 is 4.92 Å². The lowest BCUT2D eigenvalue weighted by molar-refractivity contribution is -0.392. The van der Waals surface area contributed by atoms with Crippen molar-refractivity contribution in [3.05, 3.63) is 27.9 Å². The molecule has 0 saturated heterocycles. The Balaban J connectivity index is 2.50. The maximum absolute atomic E-state index is 10.4. The first kappa shape index (κ1) is 6.39. The summed E-state index contributed by atoms with van der Waals surface area (Å²) in [5, 5.41) is 10.4. The Morgan fingerprint density at radius 1 is 1.55 bits per heavy atom. The standard InChI is InChI=1S/C7H8N2O2/c10-9(11)7-4-3-6-2-1-5-8(6)7/h3-4H,1-2,5H2. The topological polar surface area (TPSA) is 48.1 Å². The van der Waals surface area contributed by atoms with Crippen LogP contribution in [0.15, 0.2) is 12.1 Å². The molecule has 1 aromatic heterocycles. The van der Waals surface area contributed by atoms with Gasteiger partial charge in [-0.15, -0.1) is 0 Å². The Morgan fingerprint density at radius 3 is 3.09 bits per heavy atom. The van der Waals surface area contributed by atoms with Gasteiger partial charge in [0.05, 0.1) is 6.54 Å². The Morgan fingerprint density at radius 2 is 2.36 bits per heavy atom. The summed E-state index contributed by atoms with van der Waals surface area (Å²) in [4.78, 5) is 10.1. The predicted octanol–water partition coefficient (Wildman–Crippen LogP) is 1.34. The normalized spacial score (nSPS) is 14.9. The zero-order valence-electron chi connectivity index (χ0n) is 5.99. The van der Waals surface area contributed by atoms with Gasteiger partial charge in [-0.05, 0) is 17.4 Å². The number of hydrogen-bond acceptors (Lipinski definition) is 2. The summed E-state index contributed by atoms with van der Waals surface area (Å²) in [5.41, 5.74) is 1.09. The fraction of sp³-hybridized carbons (Fsp3) is 0.429. The van der Waals surface area contributed by atoms with Crippen LogP contribution in [0, 0.1) is 10.1 Å². The highest BCUT2D eigenvalue weighted by Crippen LogP contribution is 2.23. The maximum Gasteiger partial charge on any atom is 0.323 e. The molecule has 58 valence electrons. The minimum absolute atomic E-state index is 0.234. The molecule has 0 unspecified atom stereocenters. The third kappa shape index (κ3) is 0.824. The second-order valence-corrected chi connectivity index (χ2v) is 2.70. The molecule has 0 aliphatic carbocycles. The van der Waals surface area contributed by atoms with Gasteiger partial charge >= 0.3 is 5.82 Å². The maximum atomic E-state index is 10.4. The number of hydrogen-bond donors (Lipinski definition) is 0. The van der Waals surface area contributed by atoms with Gasteiger partial charge in [0.15, 0.2) is 0 Å². The molecule has 2 rings (SSSR count). The molecule has 1 aromatic rings. The van der Waals surface area contributed by atoms with Crippen LogP contribution < -0.4 is 0 Å². The summed E-state index contributed by atoms with van der Waals surface area (Å²) in [7, 11) is 0. The summed E-state index contributed by atoms with van der Waals surface area (Å²) >= 11 is 0. The lowest BCUT2D eigenvalue weighted by Crippen LogP contribution is -1.98. The van der Waals surface area contributed by atoms with Crippen LogP contribution in [0.2, 0.25) is 0 Å². The van der Waals surface area contributed by atoms with Crippen molar-refractivity contribution >= 4 is 5.82 Å². The van der Waals surface area contributed by atoms with E-state index in [1.165, 1.54) is 0 Å². The zero-order chi connectivity index (χ0) is 7.84. The molecule has 0 atom stereocenters. The first-order valence-electron chi connectivity index (χ1n) is 3.62. The molecule has 0 N–H and O–H groups in total. The fourth-order valence-electron chi connectivity index (χ4n) is 1.55. The van der Waals surface area contributed by atoms with Crippen LogP contribution >= 0.6 is 0 Å². The summed E-state index contributed by atoms with van der Waals surface area (Å²) < 4.78 is 1.78. The molecule has 2 heterocycles. The highest BCUT2D eigenvalue weighted by atomic mass is 16.6. The molecule has 1 aliphatic heterocycles. The lowest BCUT2D eigenvalue weighted by Gasteiger charge is -1.95. The highest BCUT2D eigenvalue weighted by molar-refractivity contribution is 5.29. The van der Waals surface area contributed by atoms with Crippen LogP contribution in [0.3, 0.4) is 0 Å². The summed E-state index contributed by atoms with van der Waals surface area (Å²) in [6.45, 7) is 0.804. The van der Waals surface area contributed by atoms with E-state index in [-0.39, 0.29) is 10.7 Å². The van der Waals surface area contributed by atoms with Crippen LogP contribution in [0.4, 0.5) is 5.82 Å². The third-order valence-electron chi connectivity index (χ3n) is 2.05. The molecule has 0 amide bonds. The van der Waals surface area contributed by atoms with Gasteiger partial charge in [-0.3, -0.25) is 0 Å². The van der Waals surface area contributed by atoms with Gasteiger partial charge < -0.3 is 10.1 Å². The Bertz CT molecular complexity index is 303. The van der Waals surface area contributed by atoms with Crippen molar-refractivity contribution in [3.63, 3.8) is 0 Å². The fourth-order valence-corrected chi connectivity index (χ4v) is 1.55. The van der Waals surface area contributed by atoms with Crippen molar-refractivity contribution in [2.24, 2.45) is 0 Å². The molecule has 1 aliphatic rings. The van der Waals surface area contributed by atoms with Crippen LogP contribution in [-0.2, 0) is 13.0 Å². The van der Waals surface area contributed by atoms with E-state index in [1.54, 1.807) is 10.6 Å². The van der Waals surface area contributed by atoms with Gasteiger partial charge in [0.1, 0.15) is 5.69 Å². The van der Waals surface area contributed by atoms with E-state index in [0.29, 0.717) is 0 Å². The minimum Gasteiger partial charge on any atom is -0.358 e. The summed E-state index contributed by atoms with van der Waals surface area (Å²) in [6, 6.07) is 3.42. The van der Waals surface area contributed by atoms with Crippen LogP contribution in [-0.4, -0.2) is 9.49 Å². The average Bonchev–Trinajstić information content (AvgIpc) is 2.41. The molecule has 0 saturated carbocycles. The second-order valence-electron chi connectivity index (χ2n) is 2.70. The number of nitro groups is 1. The monoisotopic (exact) mass is 152 g/mol. The zero-order valence-corrected chi connectivity index (χ0v) is 5.99. The first-order valence-corrected chi connectivity index (χ1v) is 3.62. The smallest absolute Gasteiger partial charge is 0.323 e.